The van der Waals surface area contributed by atoms with Crippen molar-refractivity contribution < 1.29 is 28.5 Å². The maximum Gasteiger partial charge on any atom is 0.408 e. The molecule has 1 amide bonds. The Labute approximate surface area is 117 Å². The summed E-state index contributed by atoms with van der Waals surface area (Å²) in [4.78, 5) is 23.0. The Morgan fingerprint density at radius 2 is 1.75 bits per heavy atom. The zero-order chi connectivity index (χ0) is 15.0. The van der Waals surface area contributed by atoms with E-state index in [0.29, 0.717) is 26.1 Å². The summed E-state index contributed by atoms with van der Waals surface area (Å²) >= 11 is 0. The van der Waals surface area contributed by atoms with Crippen LogP contribution in [0.4, 0.5) is 4.79 Å². The Hall–Kier alpha value is -1.18. The van der Waals surface area contributed by atoms with Gasteiger partial charge in [-0.2, -0.15) is 0 Å². The fourth-order valence-corrected chi connectivity index (χ4v) is 1.98. The Morgan fingerprint density at radius 3 is 2.15 bits per heavy atom. The van der Waals surface area contributed by atoms with Gasteiger partial charge in [-0.1, -0.05) is 6.92 Å². The summed E-state index contributed by atoms with van der Waals surface area (Å²) in [6, 6.07) is -1.08. The highest BCUT2D eigenvalue weighted by Gasteiger charge is 2.55. The molecule has 0 saturated carbocycles. The molecule has 0 aromatic heterocycles. The van der Waals surface area contributed by atoms with Crippen molar-refractivity contribution >= 4 is 12.4 Å². The molecule has 0 aliphatic carbocycles. The number of fused-ring (bicyclic) bond motifs is 3. The van der Waals surface area contributed by atoms with Gasteiger partial charge < -0.3 is 29.1 Å². The van der Waals surface area contributed by atoms with Crippen LogP contribution in [0.25, 0.3) is 0 Å². The predicted molar refractivity (Wildman–Crippen MR) is 67.9 cm³/mol. The van der Waals surface area contributed by atoms with Gasteiger partial charge in [0.15, 0.2) is 12.3 Å². The minimum atomic E-state index is -1.55. The summed E-state index contributed by atoms with van der Waals surface area (Å²) < 4.78 is 21.6. The largest absolute Gasteiger partial charge is 0.444 e. The summed E-state index contributed by atoms with van der Waals surface area (Å²) in [5.74, 6) is -1.55. The number of amides is 1. The standard InChI is InChI=1S/C13H21NO6/c1-11(2,3)20-10(16)14-9(5-15)13-17-6-12(4,7-18-13)8-19-13/h5,9H,6-8H2,1-4H3,(H,14,16)/t9-,12?,13?/m0/s1. The monoisotopic (exact) mass is 287 g/mol. The van der Waals surface area contributed by atoms with Crippen LogP contribution in [0.3, 0.4) is 0 Å². The molecule has 0 aromatic carbocycles. The highest BCUT2D eigenvalue weighted by molar-refractivity contribution is 5.74. The first kappa shape index (κ1) is 15.2. The molecule has 114 valence electrons. The minimum Gasteiger partial charge on any atom is -0.444 e. The van der Waals surface area contributed by atoms with Crippen molar-refractivity contribution in [2.75, 3.05) is 19.8 Å². The van der Waals surface area contributed by atoms with Crippen LogP contribution in [0.2, 0.25) is 0 Å². The second kappa shape index (κ2) is 4.98. The smallest absolute Gasteiger partial charge is 0.408 e. The summed E-state index contributed by atoms with van der Waals surface area (Å²) in [7, 11) is 0. The van der Waals surface area contributed by atoms with Crippen LogP contribution in [0.15, 0.2) is 0 Å². The molecule has 1 atom stereocenters. The van der Waals surface area contributed by atoms with Crippen molar-refractivity contribution in [1.82, 2.24) is 5.32 Å². The van der Waals surface area contributed by atoms with Gasteiger partial charge in [-0.3, -0.25) is 0 Å². The molecule has 0 unspecified atom stereocenters. The number of ether oxygens (including phenoxy) is 4. The lowest BCUT2D eigenvalue weighted by Crippen LogP contribution is -2.68. The van der Waals surface area contributed by atoms with Crippen molar-refractivity contribution in [2.24, 2.45) is 5.41 Å². The molecule has 1 N–H and O–H groups in total. The van der Waals surface area contributed by atoms with Gasteiger partial charge in [0.05, 0.1) is 19.8 Å². The molecule has 2 bridgehead atoms. The Kier molecular flexibility index (Phi) is 3.79. The lowest BCUT2D eigenvalue weighted by atomic mass is 9.91. The van der Waals surface area contributed by atoms with Gasteiger partial charge in [0.1, 0.15) is 5.60 Å². The maximum absolute atomic E-state index is 11.7. The molecule has 3 aliphatic rings. The second-order valence-electron chi connectivity index (χ2n) is 6.54. The molecule has 3 saturated heterocycles. The average Bonchev–Trinajstić information content (AvgIpc) is 2.35. The highest BCUT2D eigenvalue weighted by atomic mass is 16.9. The van der Waals surface area contributed by atoms with E-state index in [1.54, 1.807) is 20.8 Å². The van der Waals surface area contributed by atoms with E-state index in [9.17, 15) is 9.59 Å². The fraction of sp³-hybridized carbons (Fsp3) is 0.846. The molecule has 0 radical (unpaired) electrons. The van der Waals surface area contributed by atoms with Crippen LogP contribution in [0.1, 0.15) is 27.7 Å². The quantitative estimate of drug-likeness (QED) is 0.774. The first-order valence-corrected chi connectivity index (χ1v) is 6.55. The number of carbonyl (C=O) groups excluding carboxylic acids is 2. The second-order valence-corrected chi connectivity index (χ2v) is 6.54. The maximum atomic E-state index is 11.7. The summed E-state index contributed by atoms with van der Waals surface area (Å²) in [5.41, 5.74) is -0.865. The number of carbonyl (C=O) groups is 2. The van der Waals surface area contributed by atoms with E-state index < -0.39 is 23.7 Å². The highest BCUT2D eigenvalue weighted by Crippen LogP contribution is 2.39. The van der Waals surface area contributed by atoms with Crippen molar-refractivity contribution in [3.05, 3.63) is 0 Å². The topological polar surface area (TPSA) is 83.1 Å². The Bertz CT molecular complexity index is 378. The molecular formula is C13H21NO6. The van der Waals surface area contributed by atoms with E-state index in [-0.39, 0.29) is 5.41 Å². The van der Waals surface area contributed by atoms with Gasteiger partial charge >= 0.3 is 12.1 Å². The van der Waals surface area contributed by atoms with E-state index in [1.165, 1.54) is 0 Å². The van der Waals surface area contributed by atoms with Gasteiger partial charge in [0.25, 0.3) is 0 Å². The SMILES string of the molecule is CC12COC([C@H](C=O)NC(=O)OC(C)(C)C)(OC1)OC2. The van der Waals surface area contributed by atoms with E-state index in [1.807, 2.05) is 6.92 Å². The van der Waals surface area contributed by atoms with Crippen molar-refractivity contribution in [2.45, 2.75) is 45.3 Å². The number of hydrogen-bond acceptors (Lipinski definition) is 6. The van der Waals surface area contributed by atoms with E-state index in [4.69, 9.17) is 18.9 Å². The third-order valence-electron chi connectivity index (χ3n) is 3.05. The molecule has 0 spiro atoms. The first-order valence-electron chi connectivity index (χ1n) is 6.55. The normalized spacial score (nSPS) is 34.4. The van der Waals surface area contributed by atoms with Gasteiger partial charge in [0.2, 0.25) is 0 Å². The van der Waals surface area contributed by atoms with Crippen LogP contribution >= 0.6 is 0 Å². The molecule has 3 heterocycles. The van der Waals surface area contributed by atoms with Crippen LogP contribution in [0.5, 0.6) is 0 Å². The molecule has 0 aromatic rings. The van der Waals surface area contributed by atoms with Crippen LogP contribution in [0, 0.1) is 5.41 Å². The predicted octanol–water partition coefficient (Wildman–Crippen LogP) is 0.816. The Balaban J connectivity index is 2.02. The molecule has 3 rings (SSSR count). The molecule has 7 nitrogen and oxygen atoms in total. The lowest BCUT2D eigenvalue weighted by Gasteiger charge is -2.51. The van der Waals surface area contributed by atoms with Crippen molar-refractivity contribution in [3.8, 4) is 0 Å². The van der Waals surface area contributed by atoms with Gasteiger partial charge in [-0.25, -0.2) is 4.79 Å². The van der Waals surface area contributed by atoms with Crippen LogP contribution in [-0.2, 0) is 23.7 Å². The molecule has 20 heavy (non-hydrogen) atoms. The zero-order valence-corrected chi connectivity index (χ0v) is 12.2. The van der Waals surface area contributed by atoms with Gasteiger partial charge in [0, 0.05) is 5.41 Å². The number of aldehydes is 1. The van der Waals surface area contributed by atoms with E-state index in [0.717, 1.165) is 0 Å². The summed E-state index contributed by atoms with van der Waals surface area (Å²) in [6.07, 6.45) is -0.198. The zero-order valence-electron chi connectivity index (χ0n) is 12.2. The van der Waals surface area contributed by atoms with Gasteiger partial charge in [-0.05, 0) is 20.8 Å². The number of alkyl carbamates (subject to hydrolysis) is 1. The Morgan fingerprint density at radius 1 is 1.25 bits per heavy atom. The van der Waals surface area contributed by atoms with Crippen LogP contribution < -0.4 is 5.32 Å². The third-order valence-corrected chi connectivity index (χ3v) is 3.05. The first-order chi connectivity index (χ1) is 9.18. The van der Waals surface area contributed by atoms with Crippen molar-refractivity contribution in [1.29, 1.82) is 0 Å². The van der Waals surface area contributed by atoms with E-state index in [2.05, 4.69) is 5.32 Å². The lowest BCUT2D eigenvalue weighted by molar-refractivity contribution is -0.468. The van der Waals surface area contributed by atoms with E-state index >= 15 is 0 Å². The average molecular weight is 287 g/mol. The molecular weight excluding hydrogens is 266 g/mol. The summed E-state index contributed by atoms with van der Waals surface area (Å²) in [6.45, 7) is 8.39. The summed E-state index contributed by atoms with van der Waals surface area (Å²) in [5, 5.41) is 2.42. The van der Waals surface area contributed by atoms with Crippen molar-refractivity contribution in [3.63, 3.8) is 0 Å². The fourth-order valence-electron chi connectivity index (χ4n) is 1.98. The molecule has 7 heteroatoms. The number of rotatable bonds is 3. The molecule has 3 aliphatic heterocycles. The molecule has 3 fully saturated rings. The number of hydrogen-bond donors (Lipinski definition) is 1. The van der Waals surface area contributed by atoms with Crippen LogP contribution in [-0.4, -0.2) is 49.8 Å². The third kappa shape index (κ3) is 3.11. The van der Waals surface area contributed by atoms with Gasteiger partial charge in [-0.15, -0.1) is 0 Å². The minimum absolute atomic E-state index is 0.207. The number of nitrogens with one attached hydrogen (secondary N) is 1.